The molecule has 0 atom stereocenters. The third-order valence-corrected chi connectivity index (χ3v) is 2.94. The zero-order valence-electron chi connectivity index (χ0n) is 9.38. The van der Waals surface area contributed by atoms with Crippen molar-refractivity contribution in [3.8, 4) is 11.8 Å². The Morgan fingerprint density at radius 2 is 2.00 bits per heavy atom. The van der Waals surface area contributed by atoms with E-state index in [1.54, 1.807) is 17.6 Å². The van der Waals surface area contributed by atoms with Gasteiger partial charge in [-0.15, -0.1) is 11.3 Å². The van der Waals surface area contributed by atoms with E-state index < -0.39 is 0 Å². The lowest BCUT2D eigenvalue weighted by Gasteiger charge is -1.89. The number of hydrogen-bond donors (Lipinski definition) is 0. The number of thiophene rings is 1. The van der Waals surface area contributed by atoms with E-state index in [2.05, 4.69) is 21.8 Å². The minimum Gasteiger partial charge on any atom is -0.399 e. The van der Waals surface area contributed by atoms with Gasteiger partial charge in [0, 0.05) is 11.1 Å². The molecule has 2 rings (SSSR count). The minimum atomic E-state index is 0.972. The summed E-state index contributed by atoms with van der Waals surface area (Å²) in [5.41, 5.74) is 1.98. The number of hydrogen-bond acceptors (Lipinski definition) is 3. The fourth-order valence-electron chi connectivity index (χ4n) is 1.29. The Bertz CT molecular complexity index is 561. The van der Waals surface area contributed by atoms with Gasteiger partial charge in [-0.1, -0.05) is 35.2 Å². The quantitative estimate of drug-likeness (QED) is 0.449. The first-order valence-electron chi connectivity index (χ1n) is 5.11. The molecule has 17 heavy (non-hydrogen) atoms. The zero-order valence-corrected chi connectivity index (χ0v) is 10.2. The van der Waals surface area contributed by atoms with E-state index in [1.165, 1.54) is 7.11 Å². The third-order valence-electron chi connectivity index (χ3n) is 2.09. The molecule has 0 saturated carbocycles. The number of benzene rings is 1. The highest BCUT2D eigenvalue weighted by Gasteiger charge is 1.97. The Morgan fingerprint density at radius 1 is 1.18 bits per heavy atom. The van der Waals surface area contributed by atoms with Crippen molar-refractivity contribution in [1.82, 2.24) is 0 Å². The minimum absolute atomic E-state index is 0.972. The largest absolute Gasteiger partial charge is 0.399 e. The average molecular weight is 241 g/mol. The fraction of sp³-hybridized carbons (Fsp3) is 0.0714. The second kappa shape index (κ2) is 5.88. The van der Waals surface area contributed by atoms with Crippen LogP contribution in [-0.2, 0) is 4.84 Å². The predicted molar refractivity (Wildman–Crippen MR) is 71.3 cm³/mol. The highest BCUT2D eigenvalue weighted by Crippen LogP contribution is 2.13. The first kappa shape index (κ1) is 11.4. The summed E-state index contributed by atoms with van der Waals surface area (Å²) in [7, 11) is 1.53. The molecule has 2 aromatic rings. The van der Waals surface area contributed by atoms with Crippen LogP contribution in [0, 0.1) is 11.8 Å². The summed E-state index contributed by atoms with van der Waals surface area (Å²) >= 11 is 1.59. The summed E-state index contributed by atoms with van der Waals surface area (Å²) in [6.07, 6.45) is 1.68. The van der Waals surface area contributed by atoms with Crippen molar-refractivity contribution in [1.29, 1.82) is 0 Å². The summed E-state index contributed by atoms with van der Waals surface area (Å²) in [4.78, 5) is 5.67. The van der Waals surface area contributed by atoms with E-state index in [0.717, 1.165) is 16.0 Å². The predicted octanol–water partition coefficient (Wildman–Crippen LogP) is 3.13. The van der Waals surface area contributed by atoms with Gasteiger partial charge in [-0.3, -0.25) is 0 Å². The molecule has 0 N–H and O–H groups in total. The van der Waals surface area contributed by atoms with Crippen molar-refractivity contribution >= 4 is 17.6 Å². The lowest BCUT2D eigenvalue weighted by atomic mass is 10.2. The van der Waals surface area contributed by atoms with E-state index in [-0.39, 0.29) is 0 Å². The van der Waals surface area contributed by atoms with E-state index in [1.807, 2.05) is 41.8 Å². The highest BCUT2D eigenvalue weighted by molar-refractivity contribution is 7.12. The summed E-state index contributed by atoms with van der Waals surface area (Å²) in [5, 5.41) is 5.74. The normalized spacial score (nSPS) is 9.94. The Kier molecular flexibility index (Phi) is 3.95. The molecular formula is C14H11NOS. The van der Waals surface area contributed by atoms with E-state index in [0.29, 0.717) is 0 Å². The zero-order chi connectivity index (χ0) is 11.9. The Hall–Kier alpha value is -2.05. The fourth-order valence-corrected chi connectivity index (χ4v) is 1.99. The van der Waals surface area contributed by atoms with Gasteiger partial charge in [0.25, 0.3) is 0 Å². The molecule has 0 aliphatic heterocycles. The van der Waals surface area contributed by atoms with Crippen LogP contribution in [0.3, 0.4) is 0 Å². The summed E-state index contributed by atoms with van der Waals surface area (Å²) < 4.78 is 0. The molecule has 0 unspecified atom stereocenters. The van der Waals surface area contributed by atoms with Crippen LogP contribution in [0.1, 0.15) is 16.0 Å². The van der Waals surface area contributed by atoms with Crippen LogP contribution in [0.25, 0.3) is 0 Å². The summed E-state index contributed by atoms with van der Waals surface area (Å²) in [5.74, 6) is 6.25. The number of nitrogens with zero attached hydrogens (tertiary/aromatic N) is 1. The molecule has 1 aromatic heterocycles. The highest BCUT2D eigenvalue weighted by atomic mass is 32.1. The van der Waals surface area contributed by atoms with Crippen molar-refractivity contribution < 1.29 is 4.84 Å². The van der Waals surface area contributed by atoms with E-state index in [9.17, 15) is 0 Å². The lowest BCUT2D eigenvalue weighted by molar-refractivity contribution is 0.215. The third kappa shape index (κ3) is 3.20. The van der Waals surface area contributed by atoms with Crippen molar-refractivity contribution in [3.63, 3.8) is 0 Å². The smallest absolute Gasteiger partial charge is 0.106 e. The summed E-state index contributed by atoms with van der Waals surface area (Å²) in [6.45, 7) is 0. The molecule has 2 nitrogen and oxygen atoms in total. The van der Waals surface area contributed by atoms with Gasteiger partial charge in [-0.25, -0.2) is 0 Å². The van der Waals surface area contributed by atoms with Crippen LogP contribution < -0.4 is 0 Å². The second-order valence-corrected chi connectivity index (χ2v) is 4.18. The van der Waals surface area contributed by atoms with Gasteiger partial charge in [-0.2, -0.15) is 0 Å². The molecule has 3 heteroatoms. The second-order valence-electron chi connectivity index (χ2n) is 3.23. The molecule has 0 spiro atoms. The standard InChI is InChI=1S/C14H11NOS/c1-16-15-11-14-13(9-10-17-14)8-7-12-5-3-2-4-6-12/h2-6,9-11H,1H3. The molecule has 1 heterocycles. The average Bonchev–Trinajstić information content (AvgIpc) is 2.82. The maximum atomic E-state index is 4.66. The van der Waals surface area contributed by atoms with Crippen molar-refractivity contribution in [3.05, 3.63) is 57.8 Å². The van der Waals surface area contributed by atoms with Crippen LogP contribution in [0.4, 0.5) is 0 Å². The monoisotopic (exact) mass is 241 g/mol. The number of oxime groups is 1. The van der Waals surface area contributed by atoms with Crippen LogP contribution in [0.15, 0.2) is 46.9 Å². The maximum Gasteiger partial charge on any atom is 0.106 e. The lowest BCUT2D eigenvalue weighted by Crippen LogP contribution is -1.81. The van der Waals surface area contributed by atoms with Gasteiger partial charge < -0.3 is 4.84 Å². The van der Waals surface area contributed by atoms with Crippen LogP contribution in [0.5, 0.6) is 0 Å². The Morgan fingerprint density at radius 3 is 2.76 bits per heavy atom. The molecule has 0 saturated heterocycles. The number of rotatable bonds is 2. The summed E-state index contributed by atoms with van der Waals surface area (Å²) in [6, 6.07) is 11.9. The Balaban J connectivity index is 2.22. The van der Waals surface area contributed by atoms with E-state index in [4.69, 9.17) is 0 Å². The molecule has 84 valence electrons. The van der Waals surface area contributed by atoms with Crippen molar-refractivity contribution in [2.45, 2.75) is 0 Å². The van der Waals surface area contributed by atoms with Gasteiger partial charge in [-0.05, 0) is 23.6 Å². The Labute approximate surface area is 105 Å². The molecule has 1 aromatic carbocycles. The SMILES string of the molecule is CON=Cc1sccc1C#Cc1ccccc1. The maximum absolute atomic E-state index is 4.66. The van der Waals surface area contributed by atoms with Gasteiger partial charge >= 0.3 is 0 Å². The van der Waals surface area contributed by atoms with Crippen molar-refractivity contribution in [2.75, 3.05) is 7.11 Å². The van der Waals surface area contributed by atoms with Crippen LogP contribution >= 0.6 is 11.3 Å². The van der Waals surface area contributed by atoms with Crippen LogP contribution in [0.2, 0.25) is 0 Å². The molecule has 0 aliphatic rings. The topological polar surface area (TPSA) is 21.6 Å². The molecular weight excluding hydrogens is 230 g/mol. The van der Waals surface area contributed by atoms with Crippen LogP contribution in [-0.4, -0.2) is 13.3 Å². The molecule has 0 radical (unpaired) electrons. The molecule has 0 fully saturated rings. The molecule has 0 bridgehead atoms. The first-order chi connectivity index (χ1) is 8.40. The molecule has 0 amide bonds. The van der Waals surface area contributed by atoms with Gasteiger partial charge in [0.1, 0.15) is 7.11 Å². The first-order valence-corrected chi connectivity index (χ1v) is 5.99. The van der Waals surface area contributed by atoms with Gasteiger partial charge in [0.05, 0.1) is 11.1 Å². The molecule has 0 aliphatic carbocycles. The van der Waals surface area contributed by atoms with Gasteiger partial charge in [0.2, 0.25) is 0 Å². The van der Waals surface area contributed by atoms with Gasteiger partial charge in [0.15, 0.2) is 0 Å². The van der Waals surface area contributed by atoms with E-state index >= 15 is 0 Å². The van der Waals surface area contributed by atoms with Crippen molar-refractivity contribution in [2.24, 2.45) is 5.16 Å².